The zero-order valence-electron chi connectivity index (χ0n) is 16.2. The van der Waals surface area contributed by atoms with E-state index in [1.54, 1.807) is 33.8 Å². The van der Waals surface area contributed by atoms with Crippen LogP contribution in [0.15, 0.2) is 18.2 Å². The van der Waals surface area contributed by atoms with Crippen LogP contribution in [-0.2, 0) is 38.4 Å². The van der Waals surface area contributed by atoms with Crippen molar-refractivity contribution in [1.82, 2.24) is 0 Å². The van der Waals surface area contributed by atoms with Crippen LogP contribution in [0, 0.1) is 0 Å². The fourth-order valence-electron chi connectivity index (χ4n) is 2.46. The Morgan fingerprint density at radius 3 is 1.70 bits per heavy atom. The molecule has 0 aliphatic rings. The molecule has 0 aliphatic carbocycles. The molecule has 0 amide bonds. The largest absolute Gasteiger partial charge is 0.481 e. The van der Waals surface area contributed by atoms with Gasteiger partial charge >= 0.3 is 21.2 Å². The fraction of sp³-hybridized carbons (Fsp3) is 0.588. The van der Waals surface area contributed by atoms with E-state index in [9.17, 15) is 13.9 Å². The molecule has 0 aliphatic heterocycles. The molecule has 0 unspecified atom stereocenters. The van der Waals surface area contributed by atoms with Crippen molar-refractivity contribution in [2.45, 2.75) is 40.5 Å². The van der Waals surface area contributed by atoms with E-state index in [0.717, 1.165) is 0 Å². The van der Waals surface area contributed by atoms with E-state index in [1.807, 2.05) is 0 Å². The molecule has 0 bridgehead atoms. The van der Waals surface area contributed by atoms with Gasteiger partial charge in [0, 0.05) is 6.42 Å². The van der Waals surface area contributed by atoms with E-state index in [0.29, 0.717) is 5.56 Å². The number of rotatable bonds is 13. The number of carboxylic acid groups (broad SMARTS) is 1. The molecular formula is C17H28O8P2. The molecule has 0 saturated carbocycles. The SMILES string of the molecule is CCOP(=O)(OCC)c1ccc(CCC(=O)O)cc1P(=O)(OCC)OCC. The minimum atomic E-state index is -3.81. The number of aryl methyl sites for hydroxylation is 1. The summed E-state index contributed by atoms with van der Waals surface area (Å²) < 4.78 is 48.3. The summed E-state index contributed by atoms with van der Waals surface area (Å²) in [5.74, 6) is -0.951. The van der Waals surface area contributed by atoms with E-state index in [2.05, 4.69) is 0 Å². The van der Waals surface area contributed by atoms with Gasteiger partial charge in [-0.2, -0.15) is 0 Å². The predicted octanol–water partition coefficient (Wildman–Crippen LogP) is 3.49. The lowest BCUT2D eigenvalue weighted by atomic mass is 10.1. The first-order valence-electron chi connectivity index (χ1n) is 8.90. The van der Waals surface area contributed by atoms with Gasteiger partial charge in [-0.15, -0.1) is 0 Å². The topological polar surface area (TPSA) is 108 Å². The number of aliphatic carboxylic acids is 1. The van der Waals surface area contributed by atoms with Crippen LogP contribution in [0.3, 0.4) is 0 Å². The van der Waals surface area contributed by atoms with E-state index in [-0.39, 0.29) is 49.9 Å². The van der Waals surface area contributed by atoms with Crippen LogP contribution in [-0.4, -0.2) is 37.5 Å². The molecule has 0 spiro atoms. The molecule has 0 saturated heterocycles. The molecule has 0 atom stereocenters. The third kappa shape index (κ3) is 6.53. The molecular weight excluding hydrogens is 394 g/mol. The average Bonchev–Trinajstić information content (AvgIpc) is 2.60. The van der Waals surface area contributed by atoms with E-state index < -0.39 is 21.2 Å². The van der Waals surface area contributed by atoms with Crippen molar-refractivity contribution in [1.29, 1.82) is 0 Å². The van der Waals surface area contributed by atoms with Gasteiger partial charge in [0.1, 0.15) is 0 Å². The Hall–Kier alpha value is -1.01. The first kappa shape index (κ1) is 24.0. The van der Waals surface area contributed by atoms with Gasteiger partial charge in [-0.1, -0.05) is 6.07 Å². The Bertz CT molecular complexity index is 699. The molecule has 0 radical (unpaired) electrons. The van der Waals surface area contributed by atoms with Crippen LogP contribution in [0.2, 0.25) is 0 Å². The number of carboxylic acids is 1. The van der Waals surface area contributed by atoms with Gasteiger partial charge < -0.3 is 23.2 Å². The maximum absolute atomic E-state index is 13.4. The molecule has 1 N–H and O–H groups in total. The van der Waals surface area contributed by atoms with Gasteiger partial charge in [-0.3, -0.25) is 13.9 Å². The first-order chi connectivity index (χ1) is 12.8. The third-order valence-electron chi connectivity index (χ3n) is 3.45. The maximum atomic E-state index is 13.4. The third-order valence-corrected chi connectivity index (χ3v) is 7.96. The second kappa shape index (κ2) is 11.1. The molecule has 0 fully saturated rings. The molecule has 154 valence electrons. The average molecular weight is 422 g/mol. The number of hydrogen-bond acceptors (Lipinski definition) is 7. The molecule has 8 nitrogen and oxygen atoms in total. The smallest absolute Gasteiger partial charge is 0.362 e. The summed E-state index contributed by atoms with van der Waals surface area (Å²) in [5.41, 5.74) is 0.607. The quantitative estimate of drug-likeness (QED) is 0.482. The second-order valence-corrected chi connectivity index (χ2v) is 9.37. The normalized spacial score (nSPS) is 12.3. The highest BCUT2D eigenvalue weighted by Crippen LogP contribution is 2.53. The Morgan fingerprint density at radius 2 is 1.30 bits per heavy atom. The second-order valence-electron chi connectivity index (χ2n) is 5.38. The van der Waals surface area contributed by atoms with Crippen molar-refractivity contribution in [3.05, 3.63) is 23.8 Å². The lowest BCUT2D eigenvalue weighted by Crippen LogP contribution is -2.29. The van der Waals surface area contributed by atoms with Crippen molar-refractivity contribution < 1.29 is 37.1 Å². The Labute approximate surface area is 160 Å². The summed E-state index contributed by atoms with van der Waals surface area (Å²) in [7, 11) is -7.57. The van der Waals surface area contributed by atoms with Crippen molar-refractivity contribution in [3.8, 4) is 0 Å². The zero-order chi connectivity index (χ0) is 20.5. The van der Waals surface area contributed by atoms with Gasteiger partial charge in [0.05, 0.1) is 37.0 Å². The standard InChI is InChI=1S/C17H28O8P2/c1-5-22-26(20,23-6-2)15-11-9-14(10-12-17(18)19)13-16(15)27(21,24-7-3)25-8-4/h9,11,13H,5-8,10,12H2,1-4H3,(H,18,19). The van der Waals surface area contributed by atoms with Crippen LogP contribution < -0.4 is 10.6 Å². The number of hydrogen-bond donors (Lipinski definition) is 1. The lowest BCUT2D eigenvalue weighted by molar-refractivity contribution is -0.136. The minimum absolute atomic E-state index is 0.0827. The van der Waals surface area contributed by atoms with E-state index in [1.165, 1.54) is 12.1 Å². The van der Waals surface area contributed by atoms with E-state index >= 15 is 0 Å². The van der Waals surface area contributed by atoms with Crippen LogP contribution >= 0.6 is 15.2 Å². The molecule has 1 aromatic carbocycles. The Morgan fingerprint density at radius 1 is 0.852 bits per heavy atom. The highest BCUT2D eigenvalue weighted by atomic mass is 31.2. The summed E-state index contributed by atoms with van der Waals surface area (Å²) in [5, 5.41) is 9.10. The predicted molar refractivity (Wildman–Crippen MR) is 103 cm³/mol. The zero-order valence-corrected chi connectivity index (χ0v) is 18.0. The molecule has 0 heterocycles. The van der Waals surface area contributed by atoms with E-state index in [4.69, 9.17) is 23.2 Å². The minimum Gasteiger partial charge on any atom is -0.481 e. The fourth-order valence-corrected chi connectivity index (χ4v) is 6.54. The van der Waals surface area contributed by atoms with Crippen molar-refractivity contribution in [2.24, 2.45) is 0 Å². The molecule has 0 aromatic heterocycles. The maximum Gasteiger partial charge on any atom is 0.362 e. The Balaban J connectivity index is 3.59. The van der Waals surface area contributed by atoms with Gasteiger partial charge in [-0.25, -0.2) is 0 Å². The first-order valence-corrected chi connectivity index (χ1v) is 12.0. The lowest BCUT2D eigenvalue weighted by Gasteiger charge is -2.24. The monoisotopic (exact) mass is 422 g/mol. The number of carbonyl (C=O) groups is 1. The summed E-state index contributed by atoms with van der Waals surface area (Å²) in [4.78, 5) is 10.9. The van der Waals surface area contributed by atoms with Gasteiger partial charge in [0.25, 0.3) is 0 Å². The van der Waals surface area contributed by atoms with Crippen LogP contribution in [0.4, 0.5) is 0 Å². The molecule has 1 rings (SSSR count). The Kier molecular flexibility index (Phi) is 9.88. The van der Waals surface area contributed by atoms with Crippen LogP contribution in [0.25, 0.3) is 0 Å². The van der Waals surface area contributed by atoms with Gasteiger partial charge in [0.15, 0.2) is 0 Å². The van der Waals surface area contributed by atoms with Crippen LogP contribution in [0.1, 0.15) is 39.7 Å². The summed E-state index contributed by atoms with van der Waals surface area (Å²) in [6, 6.07) is 4.62. The molecule has 27 heavy (non-hydrogen) atoms. The van der Waals surface area contributed by atoms with Gasteiger partial charge in [-0.05, 0) is 51.8 Å². The van der Waals surface area contributed by atoms with Gasteiger partial charge in [0.2, 0.25) is 0 Å². The van der Waals surface area contributed by atoms with Crippen molar-refractivity contribution >= 4 is 31.8 Å². The molecule has 1 aromatic rings. The summed E-state index contributed by atoms with van der Waals surface area (Å²) in [6.45, 7) is 7.19. The van der Waals surface area contributed by atoms with Crippen molar-refractivity contribution in [3.63, 3.8) is 0 Å². The highest BCUT2D eigenvalue weighted by Gasteiger charge is 2.38. The summed E-state index contributed by atoms with van der Waals surface area (Å²) >= 11 is 0. The molecule has 10 heteroatoms. The van der Waals surface area contributed by atoms with Crippen LogP contribution in [0.5, 0.6) is 0 Å². The van der Waals surface area contributed by atoms with Crippen molar-refractivity contribution in [2.75, 3.05) is 26.4 Å². The summed E-state index contributed by atoms with van der Waals surface area (Å²) in [6.07, 6.45) is 0.120. The number of benzene rings is 1. The highest BCUT2D eigenvalue weighted by molar-refractivity contribution is 7.68.